The topological polar surface area (TPSA) is 186 Å². The van der Waals surface area contributed by atoms with Crippen LogP contribution in [0.25, 0.3) is 6.08 Å². The van der Waals surface area contributed by atoms with Gasteiger partial charge in [0, 0.05) is 41.1 Å². The van der Waals surface area contributed by atoms with E-state index in [0.29, 0.717) is 0 Å². The molecule has 0 bridgehead atoms. The van der Waals surface area contributed by atoms with E-state index in [2.05, 4.69) is 0 Å². The quantitative estimate of drug-likeness (QED) is 0.300. The number of rotatable bonds is 5. The highest BCUT2D eigenvalue weighted by Gasteiger charge is 2.43. The van der Waals surface area contributed by atoms with Gasteiger partial charge in [0.1, 0.15) is 23.9 Å². The Morgan fingerprint density at radius 3 is 2.50 bits per heavy atom. The van der Waals surface area contributed by atoms with E-state index >= 15 is 0 Å². The summed E-state index contributed by atoms with van der Waals surface area (Å²) in [7, 11) is 1.34. The van der Waals surface area contributed by atoms with Gasteiger partial charge in [0.25, 0.3) is 0 Å². The molecule has 1 fully saturated rings. The first-order valence-corrected chi connectivity index (χ1v) is 12.1. The number of ketones is 3. The van der Waals surface area contributed by atoms with E-state index < -0.39 is 77.2 Å². The number of carbonyl (C=O) groups excluding carboxylic acids is 3. The van der Waals surface area contributed by atoms with Crippen LogP contribution >= 0.6 is 0 Å². The fraction of sp³-hybridized carbons (Fsp3) is 0.370. The first-order chi connectivity index (χ1) is 18.1. The molecular formula is C27H27NO10. The van der Waals surface area contributed by atoms with E-state index in [0.717, 1.165) is 0 Å². The Morgan fingerprint density at radius 2 is 1.84 bits per heavy atom. The van der Waals surface area contributed by atoms with E-state index in [-0.39, 0.29) is 46.4 Å². The van der Waals surface area contributed by atoms with Crippen molar-refractivity contribution in [3.63, 3.8) is 0 Å². The third kappa shape index (κ3) is 3.91. The molecule has 0 spiro atoms. The first kappa shape index (κ1) is 26.0. The lowest BCUT2D eigenvalue weighted by Gasteiger charge is -2.38. The smallest absolute Gasteiger partial charge is 0.202 e. The second kappa shape index (κ2) is 9.61. The number of phenols is 2. The van der Waals surface area contributed by atoms with Crippen molar-refractivity contribution in [2.45, 2.75) is 50.4 Å². The van der Waals surface area contributed by atoms with Gasteiger partial charge in [-0.05, 0) is 19.1 Å². The molecule has 11 nitrogen and oxygen atoms in total. The summed E-state index contributed by atoms with van der Waals surface area (Å²) in [6.07, 6.45) is -2.46. The van der Waals surface area contributed by atoms with E-state index in [1.54, 1.807) is 6.92 Å². The molecule has 1 saturated heterocycles. The maximum atomic E-state index is 13.6. The van der Waals surface area contributed by atoms with Crippen LogP contribution < -0.4 is 10.5 Å². The normalized spacial score (nSPS) is 26.2. The van der Waals surface area contributed by atoms with Crippen LogP contribution in [0.3, 0.4) is 0 Å². The molecule has 2 aromatic rings. The number of hydrogen-bond donors (Lipinski definition) is 5. The molecule has 0 amide bonds. The summed E-state index contributed by atoms with van der Waals surface area (Å²) in [5.41, 5.74) is 5.10. The van der Waals surface area contributed by atoms with Gasteiger partial charge in [-0.25, -0.2) is 0 Å². The Labute approximate surface area is 217 Å². The van der Waals surface area contributed by atoms with Crippen LogP contribution in [0.4, 0.5) is 0 Å². The highest BCUT2D eigenvalue weighted by Crippen LogP contribution is 2.51. The molecule has 0 saturated carbocycles. The van der Waals surface area contributed by atoms with E-state index in [1.165, 1.54) is 31.4 Å². The van der Waals surface area contributed by atoms with Crippen molar-refractivity contribution in [1.29, 1.82) is 0 Å². The van der Waals surface area contributed by atoms with Crippen LogP contribution in [0.2, 0.25) is 0 Å². The third-order valence-electron chi connectivity index (χ3n) is 7.31. The number of carbonyl (C=O) groups is 3. The molecule has 6 N–H and O–H groups in total. The Balaban J connectivity index is 1.68. The van der Waals surface area contributed by atoms with Crippen molar-refractivity contribution in [2.24, 2.45) is 5.73 Å². The molecule has 1 aliphatic heterocycles. The number of fused-ring (bicyclic) bond motifs is 3. The van der Waals surface area contributed by atoms with Crippen LogP contribution in [-0.2, 0) is 14.3 Å². The second-order valence-electron chi connectivity index (χ2n) is 9.56. The number of aliphatic hydroxyl groups excluding tert-OH is 2. The number of hydrogen-bond acceptors (Lipinski definition) is 11. The van der Waals surface area contributed by atoms with Gasteiger partial charge in [-0.2, -0.15) is 0 Å². The summed E-state index contributed by atoms with van der Waals surface area (Å²) in [5, 5.41) is 42.3. The van der Waals surface area contributed by atoms with Crippen molar-refractivity contribution in [2.75, 3.05) is 13.7 Å². The maximum Gasteiger partial charge on any atom is 0.202 e. The molecule has 3 aliphatic rings. The minimum Gasteiger partial charge on any atom is -0.507 e. The van der Waals surface area contributed by atoms with Gasteiger partial charge in [0.2, 0.25) is 5.78 Å². The monoisotopic (exact) mass is 525 g/mol. The zero-order chi connectivity index (χ0) is 27.5. The molecular weight excluding hydrogens is 498 g/mol. The van der Waals surface area contributed by atoms with Crippen molar-refractivity contribution < 1.29 is 49.0 Å². The Morgan fingerprint density at radius 1 is 1.13 bits per heavy atom. The van der Waals surface area contributed by atoms with Crippen LogP contribution in [-0.4, -0.2) is 76.0 Å². The summed E-state index contributed by atoms with van der Waals surface area (Å²) < 4.78 is 17.1. The second-order valence-corrected chi connectivity index (χ2v) is 9.56. The lowest BCUT2D eigenvalue weighted by atomic mass is 9.77. The molecule has 0 aromatic heterocycles. The minimum absolute atomic E-state index is 0.00659. The van der Waals surface area contributed by atoms with Crippen molar-refractivity contribution >= 4 is 23.4 Å². The standard InChI is InChI=1S/C27H27NO10/c1-10-23(31)14(28)8-18(37-10)38-17-7-11(15(30)9-29)6-13-20(17)27(35)22-21(25(13)33)24(32)12-4-3-5-16(36-2)19(12)26(22)34/h3-6,10,14,17-18,23,29,31,33,35H,7-9,28H2,1-2H3/t10?,14?,17-,18+,23-/m1/s1. The van der Waals surface area contributed by atoms with Gasteiger partial charge < -0.3 is 40.4 Å². The molecule has 0 radical (unpaired) electrons. The van der Waals surface area contributed by atoms with Crippen LogP contribution in [0.5, 0.6) is 17.2 Å². The van der Waals surface area contributed by atoms with Gasteiger partial charge in [-0.1, -0.05) is 12.1 Å². The number of methoxy groups -OCH3 is 1. The van der Waals surface area contributed by atoms with E-state index in [4.69, 9.17) is 19.9 Å². The Hall–Kier alpha value is -3.61. The summed E-state index contributed by atoms with van der Waals surface area (Å²) >= 11 is 0. The lowest BCUT2D eigenvalue weighted by molar-refractivity contribution is -0.240. The first-order valence-electron chi connectivity index (χ1n) is 12.1. The van der Waals surface area contributed by atoms with Gasteiger partial charge >= 0.3 is 0 Å². The Bertz CT molecular complexity index is 1380. The zero-order valence-electron chi connectivity index (χ0n) is 20.6. The number of benzene rings is 2. The number of aliphatic hydroxyl groups is 2. The number of Topliss-reactive ketones (excluding diaryl/α,β-unsaturated/α-hetero) is 1. The molecule has 1 heterocycles. The predicted octanol–water partition coefficient (Wildman–Crippen LogP) is 1.11. The highest BCUT2D eigenvalue weighted by atomic mass is 16.7. The lowest BCUT2D eigenvalue weighted by Crippen LogP contribution is -2.51. The number of aromatic hydroxyl groups is 2. The molecule has 38 heavy (non-hydrogen) atoms. The fourth-order valence-corrected chi connectivity index (χ4v) is 5.36. The van der Waals surface area contributed by atoms with Gasteiger partial charge in [0.15, 0.2) is 17.9 Å². The average Bonchev–Trinajstić information content (AvgIpc) is 2.90. The minimum atomic E-state index is -1.13. The molecule has 200 valence electrons. The summed E-state index contributed by atoms with van der Waals surface area (Å²) in [6, 6.07) is 3.77. The van der Waals surface area contributed by atoms with Crippen LogP contribution in [0, 0.1) is 0 Å². The Kier molecular flexibility index (Phi) is 6.58. The van der Waals surface area contributed by atoms with E-state index in [1.807, 2.05) is 0 Å². The molecule has 5 rings (SSSR count). The largest absolute Gasteiger partial charge is 0.507 e. The van der Waals surface area contributed by atoms with Gasteiger partial charge in [0.05, 0.1) is 42.1 Å². The molecule has 5 atom stereocenters. The van der Waals surface area contributed by atoms with Crippen LogP contribution in [0.1, 0.15) is 68.8 Å². The van der Waals surface area contributed by atoms with Crippen molar-refractivity contribution in [1.82, 2.24) is 0 Å². The third-order valence-corrected chi connectivity index (χ3v) is 7.31. The number of phenolic OH excluding ortho intramolecular Hbond substituents is 2. The SMILES string of the molecule is COc1cccc2c1C(=O)c1c(O)c3c(c(O)c1C2=O)C=C(C(=O)CO)C[C@H]3O[C@H]1CC(N)[C@H](O)C(C)O1. The summed E-state index contributed by atoms with van der Waals surface area (Å²) in [5.74, 6) is -3.16. The fourth-order valence-electron chi connectivity index (χ4n) is 5.36. The van der Waals surface area contributed by atoms with E-state index in [9.17, 15) is 34.8 Å². The zero-order valence-corrected chi connectivity index (χ0v) is 20.6. The highest BCUT2D eigenvalue weighted by molar-refractivity contribution is 6.31. The predicted molar refractivity (Wildman–Crippen MR) is 131 cm³/mol. The number of nitrogens with two attached hydrogens (primary N) is 1. The summed E-state index contributed by atoms with van der Waals surface area (Å²) in [6.45, 7) is 0.800. The molecule has 2 unspecified atom stereocenters. The maximum absolute atomic E-state index is 13.6. The molecule has 2 aromatic carbocycles. The molecule has 2 aliphatic carbocycles. The van der Waals surface area contributed by atoms with Gasteiger partial charge in [-0.3, -0.25) is 14.4 Å². The number of ether oxygens (including phenoxy) is 3. The van der Waals surface area contributed by atoms with Crippen molar-refractivity contribution in [3.05, 3.63) is 57.2 Å². The van der Waals surface area contributed by atoms with Crippen molar-refractivity contribution in [3.8, 4) is 17.2 Å². The van der Waals surface area contributed by atoms with Crippen LogP contribution in [0.15, 0.2) is 23.8 Å². The average molecular weight is 526 g/mol. The summed E-state index contributed by atoms with van der Waals surface area (Å²) in [4.78, 5) is 39.5. The van der Waals surface area contributed by atoms with Gasteiger partial charge in [-0.15, -0.1) is 0 Å². The molecule has 11 heteroatoms.